The molecule has 0 saturated heterocycles. The van der Waals surface area contributed by atoms with Gasteiger partial charge in [0.1, 0.15) is 18.1 Å². The molecule has 0 amide bonds. The lowest BCUT2D eigenvalue weighted by molar-refractivity contribution is 0.0696. The van der Waals surface area contributed by atoms with Crippen LogP contribution in [-0.2, 0) is 6.54 Å². The molecule has 2 aromatic rings. The Balaban J connectivity index is 1.70. The molecule has 2 N–H and O–H groups in total. The summed E-state index contributed by atoms with van der Waals surface area (Å²) in [5, 5.41) is 12.0. The average Bonchev–Trinajstić information content (AvgIpc) is 2.92. The highest BCUT2D eigenvalue weighted by Crippen LogP contribution is 2.12. The summed E-state index contributed by atoms with van der Waals surface area (Å²) in [6.45, 7) is 1.76. The molecule has 1 aromatic heterocycles. The van der Waals surface area contributed by atoms with Crippen LogP contribution in [0.2, 0.25) is 0 Å². The average molecular weight is 261 g/mol. The molecule has 0 aliphatic rings. The smallest absolute Gasteiger partial charge is 0.335 e. The van der Waals surface area contributed by atoms with Crippen molar-refractivity contribution in [2.75, 3.05) is 13.2 Å². The van der Waals surface area contributed by atoms with Gasteiger partial charge in [0.25, 0.3) is 0 Å². The molecule has 0 fully saturated rings. The number of carboxylic acids is 1. The maximum atomic E-state index is 10.8. The van der Waals surface area contributed by atoms with Crippen LogP contribution in [0.1, 0.15) is 16.1 Å². The summed E-state index contributed by atoms with van der Waals surface area (Å²) < 4.78 is 10.6. The number of furan rings is 1. The van der Waals surface area contributed by atoms with Gasteiger partial charge in [-0.2, -0.15) is 0 Å². The monoisotopic (exact) mass is 261 g/mol. The molecule has 0 atom stereocenters. The number of benzene rings is 1. The van der Waals surface area contributed by atoms with Crippen LogP contribution in [0.3, 0.4) is 0 Å². The Kier molecular flexibility index (Phi) is 4.58. The van der Waals surface area contributed by atoms with E-state index in [1.54, 1.807) is 18.4 Å². The highest BCUT2D eigenvalue weighted by atomic mass is 16.5. The fourth-order valence-electron chi connectivity index (χ4n) is 1.58. The van der Waals surface area contributed by atoms with Gasteiger partial charge in [-0.05, 0) is 30.3 Å². The van der Waals surface area contributed by atoms with E-state index in [4.69, 9.17) is 14.3 Å². The molecule has 100 valence electrons. The summed E-state index contributed by atoms with van der Waals surface area (Å²) in [4.78, 5) is 10.8. The second-order valence-electron chi connectivity index (χ2n) is 3.94. The second-order valence-corrected chi connectivity index (χ2v) is 3.94. The third kappa shape index (κ3) is 4.15. The van der Waals surface area contributed by atoms with Crippen LogP contribution in [0.5, 0.6) is 5.75 Å². The number of hydrogen-bond donors (Lipinski definition) is 2. The first-order chi connectivity index (χ1) is 9.25. The highest BCUT2D eigenvalue weighted by molar-refractivity contribution is 5.87. The maximum Gasteiger partial charge on any atom is 0.335 e. The molecule has 0 saturated carbocycles. The first-order valence-corrected chi connectivity index (χ1v) is 5.95. The van der Waals surface area contributed by atoms with Gasteiger partial charge < -0.3 is 19.6 Å². The molecule has 1 heterocycles. The Morgan fingerprint density at radius 2 is 2.21 bits per heavy atom. The highest BCUT2D eigenvalue weighted by Gasteiger charge is 2.03. The molecule has 0 bridgehead atoms. The number of nitrogens with one attached hydrogen (secondary N) is 1. The van der Waals surface area contributed by atoms with Crippen molar-refractivity contribution < 1.29 is 19.1 Å². The van der Waals surface area contributed by atoms with E-state index in [0.29, 0.717) is 25.4 Å². The fraction of sp³-hybridized carbons (Fsp3) is 0.214. The topological polar surface area (TPSA) is 71.7 Å². The van der Waals surface area contributed by atoms with E-state index in [9.17, 15) is 4.79 Å². The summed E-state index contributed by atoms with van der Waals surface area (Å²) in [5.74, 6) is 0.467. The minimum absolute atomic E-state index is 0.223. The SMILES string of the molecule is O=C(O)c1cccc(OCCNCc2ccco2)c1. The summed E-state index contributed by atoms with van der Waals surface area (Å²) in [6, 6.07) is 10.2. The summed E-state index contributed by atoms with van der Waals surface area (Å²) in [7, 11) is 0. The van der Waals surface area contributed by atoms with Gasteiger partial charge >= 0.3 is 5.97 Å². The third-order valence-electron chi connectivity index (χ3n) is 2.51. The zero-order valence-corrected chi connectivity index (χ0v) is 10.3. The van der Waals surface area contributed by atoms with Gasteiger partial charge in [0.05, 0.1) is 18.4 Å². The Morgan fingerprint density at radius 1 is 1.32 bits per heavy atom. The Morgan fingerprint density at radius 3 is 2.95 bits per heavy atom. The van der Waals surface area contributed by atoms with E-state index in [0.717, 1.165) is 5.76 Å². The molecule has 2 rings (SSSR count). The number of ether oxygens (including phenoxy) is 1. The van der Waals surface area contributed by atoms with Gasteiger partial charge in [-0.25, -0.2) is 4.79 Å². The second kappa shape index (κ2) is 6.61. The Labute approximate surface area is 110 Å². The number of rotatable bonds is 7. The fourth-order valence-corrected chi connectivity index (χ4v) is 1.58. The Hall–Kier alpha value is -2.27. The van der Waals surface area contributed by atoms with Gasteiger partial charge in [0.15, 0.2) is 0 Å². The zero-order valence-electron chi connectivity index (χ0n) is 10.3. The quantitative estimate of drug-likeness (QED) is 0.747. The van der Waals surface area contributed by atoms with E-state index in [2.05, 4.69) is 5.32 Å². The van der Waals surface area contributed by atoms with Crippen LogP contribution in [-0.4, -0.2) is 24.2 Å². The van der Waals surface area contributed by atoms with Crippen LogP contribution in [0.15, 0.2) is 47.1 Å². The molecular formula is C14H15NO4. The van der Waals surface area contributed by atoms with Gasteiger partial charge in [-0.15, -0.1) is 0 Å². The normalized spacial score (nSPS) is 10.3. The molecule has 5 nitrogen and oxygen atoms in total. The molecule has 1 aromatic carbocycles. The first kappa shape index (κ1) is 13.2. The maximum absolute atomic E-state index is 10.8. The Bertz CT molecular complexity index is 522. The number of carboxylic acid groups (broad SMARTS) is 1. The lowest BCUT2D eigenvalue weighted by atomic mass is 10.2. The zero-order chi connectivity index (χ0) is 13.5. The molecule has 0 unspecified atom stereocenters. The molecule has 19 heavy (non-hydrogen) atoms. The first-order valence-electron chi connectivity index (χ1n) is 5.95. The van der Waals surface area contributed by atoms with Crippen molar-refractivity contribution >= 4 is 5.97 Å². The number of aromatic carboxylic acids is 1. The van der Waals surface area contributed by atoms with Crippen LogP contribution < -0.4 is 10.1 Å². The molecule has 0 radical (unpaired) electrons. The van der Waals surface area contributed by atoms with E-state index in [-0.39, 0.29) is 5.56 Å². The van der Waals surface area contributed by atoms with Crippen molar-refractivity contribution in [3.8, 4) is 5.75 Å². The van der Waals surface area contributed by atoms with Crippen molar-refractivity contribution in [3.63, 3.8) is 0 Å². The van der Waals surface area contributed by atoms with Crippen LogP contribution in [0.4, 0.5) is 0 Å². The summed E-state index contributed by atoms with van der Waals surface area (Å²) in [6.07, 6.45) is 1.63. The summed E-state index contributed by atoms with van der Waals surface area (Å²) in [5.41, 5.74) is 0.223. The van der Waals surface area contributed by atoms with Gasteiger partial charge in [-0.3, -0.25) is 0 Å². The van der Waals surface area contributed by atoms with E-state index < -0.39 is 5.97 Å². The lowest BCUT2D eigenvalue weighted by Gasteiger charge is -2.07. The molecule has 0 spiro atoms. The number of carbonyl (C=O) groups is 1. The van der Waals surface area contributed by atoms with Crippen molar-refractivity contribution in [1.29, 1.82) is 0 Å². The van der Waals surface area contributed by atoms with Crippen molar-refractivity contribution in [1.82, 2.24) is 5.32 Å². The van der Waals surface area contributed by atoms with E-state index in [1.807, 2.05) is 12.1 Å². The van der Waals surface area contributed by atoms with Crippen molar-refractivity contribution in [2.24, 2.45) is 0 Å². The van der Waals surface area contributed by atoms with Crippen LogP contribution in [0, 0.1) is 0 Å². The van der Waals surface area contributed by atoms with E-state index in [1.165, 1.54) is 12.1 Å². The largest absolute Gasteiger partial charge is 0.492 e. The van der Waals surface area contributed by atoms with Gasteiger partial charge in [0.2, 0.25) is 0 Å². The third-order valence-corrected chi connectivity index (χ3v) is 2.51. The van der Waals surface area contributed by atoms with Crippen molar-refractivity contribution in [2.45, 2.75) is 6.54 Å². The molecule has 0 aliphatic carbocycles. The lowest BCUT2D eigenvalue weighted by Crippen LogP contribution is -2.20. The predicted molar refractivity (Wildman–Crippen MR) is 69.3 cm³/mol. The summed E-state index contributed by atoms with van der Waals surface area (Å²) >= 11 is 0. The molecule has 0 aliphatic heterocycles. The van der Waals surface area contributed by atoms with E-state index >= 15 is 0 Å². The van der Waals surface area contributed by atoms with Gasteiger partial charge in [0, 0.05) is 6.54 Å². The number of hydrogen-bond acceptors (Lipinski definition) is 4. The standard InChI is InChI=1S/C14H15NO4/c16-14(17)11-3-1-4-12(9-11)19-8-6-15-10-13-5-2-7-18-13/h1-5,7,9,15H,6,8,10H2,(H,16,17). The van der Waals surface area contributed by atoms with Crippen molar-refractivity contribution in [3.05, 3.63) is 54.0 Å². The molecule has 5 heteroatoms. The minimum Gasteiger partial charge on any atom is -0.492 e. The minimum atomic E-state index is -0.957. The predicted octanol–water partition coefficient (Wildman–Crippen LogP) is 2.15. The molecular weight excluding hydrogens is 246 g/mol. The van der Waals surface area contributed by atoms with Crippen LogP contribution in [0.25, 0.3) is 0 Å². The van der Waals surface area contributed by atoms with Gasteiger partial charge in [-0.1, -0.05) is 6.07 Å². The van der Waals surface area contributed by atoms with Crippen LogP contribution >= 0.6 is 0 Å².